The molecule has 0 N–H and O–H groups in total. The van der Waals surface area contributed by atoms with Gasteiger partial charge in [-0.3, -0.25) is 9.59 Å². The fraction of sp³-hybridized carbons (Fsp3) is 0.862. The molecule has 7 nitrogen and oxygen atoms in total. The highest BCUT2D eigenvalue weighted by molar-refractivity contribution is 6.74. The Labute approximate surface area is 226 Å². The van der Waals surface area contributed by atoms with Crippen LogP contribution in [0.15, 0.2) is 12.2 Å². The molecule has 0 amide bonds. The lowest BCUT2D eigenvalue weighted by atomic mass is 9.91. The molecule has 0 aromatic heterocycles. The fourth-order valence-electron chi connectivity index (χ4n) is 4.78. The van der Waals surface area contributed by atoms with Crippen molar-refractivity contribution in [1.82, 2.24) is 0 Å². The number of ether oxygens (including phenoxy) is 4. The van der Waals surface area contributed by atoms with Crippen molar-refractivity contribution in [3.63, 3.8) is 0 Å². The van der Waals surface area contributed by atoms with Crippen LogP contribution in [-0.2, 0) is 33.0 Å². The zero-order valence-corrected chi connectivity index (χ0v) is 25.5. The molecule has 8 heteroatoms. The molecule has 37 heavy (non-hydrogen) atoms. The number of carbonyl (C=O) groups is 2. The van der Waals surface area contributed by atoms with E-state index >= 15 is 0 Å². The van der Waals surface area contributed by atoms with Crippen LogP contribution in [-0.4, -0.2) is 58.1 Å². The highest BCUT2D eigenvalue weighted by Gasteiger charge is 2.48. The van der Waals surface area contributed by atoms with E-state index in [2.05, 4.69) is 46.0 Å². The molecule has 1 saturated heterocycles. The summed E-state index contributed by atoms with van der Waals surface area (Å²) >= 11 is 0. The summed E-state index contributed by atoms with van der Waals surface area (Å²) in [6, 6.07) is 0. The van der Waals surface area contributed by atoms with Crippen LogP contribution in [0.4, 0.5) is 0 Å². The third-order valence-electron chi connectivity index (χ3n) is 7.89. The van der Waals surface area contributed by atoms with Crippen molar-refractivity contribution >= 4 is 20.3 Å². The lowest BCUT2D eigenvalue weighted by Crippen LogP contribution is -2.44. The van der Waals surface area contributed by atoms with Crippen molar-refractivity contribution in [1.29, 1.82) is 0 Å². The first kappa shape index (κ1) is 32.0. The van der Waals surface area contributed by atoms with E-state index < -0.39 is 8.32 Å². The summed E-state index contributed by atoms with van der Waals surface area (Å²) in [5, 5.41) is 0.107. The lowest BCUT2D eigenvalue weighted by molar-refractivity contribution is -0.198. The second-order valence-corrected chi connectivity index (χ2v) is 17.2. The highest BCUT2D eigenvalue weighted by Crippen LogP contribution is 2.43. The minimum absolute atomic E-state index is 0.0803. The van der Waals surface area contributed by atoms with Crippen molar-refractivity contribution in [3.05, 3.63) is 12.2 Å². The first-order valence-electron chi connectivity index (χ1n) is 14.2. The average Bonchev–Trinajstić information content (AvgIpc) is 3.09. The van der Waals surface area contributed by atoms with Gasteiger partial charge in [0, 0.05) is 44.8 Å². The second-order valence-electron chi connectivity index (χ2n) is 12.4. The van der Waals surface area contributed by atoms with Crippen LogP contribution in [0, 0.1) is 11.8 Å². The van der Waals surface area contributed by atoms with E-state index in [4.69, 9.17) is 23.4 Å². The summed E-state index contributed by atoms with van der Waals surface area (Å²) in [6.45, 7) is 17.8. The molecule has 0 bridgehead atoms. The van der Waals surface area contributed by atoms with E-state index in [1.807, 2.05) is 13.8 Å². The number of esters is 2. The molecule has 1 aliphatic heterocycles. The molecule has 0 radical (unpaired) electrons. The third-order valence-corrected chi connectivity index (χ3v) is 12.4. The number of carbonyl (C=O) groups excluding carboxylic acids is 2. The van der Waals surface area contributed by atoms with Gasteiger partial charge in [-0.1, -0.05) is 32.9 Å². The quantitative estimate of drug-likeness (QED) is 0.113. The van der Waals surface area contributed by atoms with Crippen molar-refractivity contribution < 1.29 is 33.0 Å². The van der Waals surface area contributed by atoms with Crippen molar-refractivity contribution in [3.8, 4) is 0 Å². The molecule has 1 saturated carbocycles. The van der Waals surface area contributed by atoms with E-state index in [-0.39, 0.29) is 53.4 Å². The normalized spacial score (nSPS) is 27.1. The van der Waals surface area contributed by atoms with Crippen LogP contribution in [0.25, 0.3) is 0 Å². The number of allylic oxidation sites excluding steroid dienone is 2. The Hall–Kier alpha value is -1.22. The Morgan fingerprint density at radius 2 is 1.81 bits per heavy atom. The Balaban J connectivity index is 2.10. The Bertz CT molecular complexity index is 737. The van der Waals surface area contributed by atoms with E-state index in [1.165, 1.54) is 6.92 Å². The Morgan fingerprint density at radius 3 is 2.41 bits per heavy atom. The molecule has 0 aromatic rings. The van der Waals surface area contributed by atoms with Gasteiger partial charge >= 0.3 is 11.9 Å². The minimum Gasteiger partial charge on any atom is -0.463 e. The molecule has 1 unspecified atom stereocenters. The van der Waals surface area contributed by atoms with Crippen LogP contribution < -0.4 is 0 Å². The third kappa shape index (κ3) is 10.8. The summed E-state index contributed by atoms with van der Waals surface area (Å²) in [7, 11) is -1.97. The molecular weight excluding hydrogens is 488 g/mol. The maximum atomic E-state index is 12.0. The average molecular weight is 541 g/mol. The zero-order valence-electron chi connectivity index (χ0n) is 24.5. The van der Waals surface area contributed by atoms with E-state index in [1.54, 1.807) is 0 Å². The predicted molar refractivity (Wildman–Crippen MR) is 148 cm³/mol. The fourth-order valence-corrected chi connectivity index (χ4v) is 5.83. The van der Waals surface area contributed by atoms with Gasteiger partial charge in [-0.2, -0.15) is 0 Å². The van der Waals surface area contributed by atoms with Crippen molar-refractivity contribution in [2.45, 2.75) is 136 Å². The lowest BCUT2D eigenvalue weighted by Gasteiger charge is -2.38. The van der Waals surface area contributed by atoms with Crippen molar-refractivity contribution in [2.75, 3.05) is 13.2 Å². The maximum absolute atomic E-state index is 12.0. The van der Waals surface area contributed by atoms with Crippen LogP contribution in [0.1, 0.15) is 92.9 Å². The smallest absolute Gasteiger partial charge is 0.306 e. The molecule has 2 aliphatic rings. The monoisotopic (exact) mass is 540 g/mol. The molecule has 5 atom stereocenters. The summed E-state index contributed by atoms with van der Waals surface area (Å²) in [6.07, 6.45) is 10.2. The van der Waals surface area contributed by atoms with Crippen LogP contribution in [0.3, 0.4) is 0 Å². The zero-order chi connectivity index (χ0) is 27.6. The summed E-state index contributed by atoms with van der Waals surface area (Å²) in [5.41, 5.74) is 0. The summed E-state index contributed by atoms with van der Waals surface area (Å²) in [5.74, 6) is -0.206. The van der Waals surface area contributed by atoms with Gasteiger partial charge in [-0.25, -0.2) is 0 Å². The van der Waals surface area contributed by atoms with E-state index in [9.17, 15) is 9.59 Å². The van der Waals surface area contributed by atoms with Crippen LogP contribution in [0.2, 0.25) is 18.1 Å². The molecule has 0 aromatic carbocycles. The molecule has 2 rings (SSSR count). The number of hydrogen-bond acceptors (Lipinski definition) is 7. The van der Waals surface area contributed by atoms with E-state index in [0.29, 0.717) is 19.4 Å². The van der Waals surface area contributed by atoms with Gasteiger partial charge in [0.15, 0.2) is 14.6 Å². The van der Waals surface area contributed by atoms with Gasteiger partial charge in [0.1, 0.15) is 6.10 Å². The molecule has 1 aliphatic carbocycles. The number of unbranched alkanes of at least 4 members (excludes halogenated alkanes) is 1. The summed E-state index contributed by atoms with van der Waals surface area (Å²) < 4.78 is 30.1. The first-order valence-corrected chi connectivity index (χ1v) is 17.1. The molecule has 0 spiro atoms. The Kier molecular flexibility index (Phi) is 12.8. The SMILES string of the molecule is CC(=O)O[C@H]1C[C@@H](OC2CCCCO2)[C@@H](CO[Si](C)(C)C(C)(C)C)[C@H]1C/C=C\CCCC(=O)OC(C)C. The predicted octanol–water partition coefficient (Wildman–Crippen LogP) is 6.56. The van der Waals surface area contributed by atoms with E-state index in [0.717, 1.165) is 45.1 Å². The molecule has 2 fully saturated rings. The van der Waals surface area contributed by atoms with Gasteiger partial charge in [0.05, 0.1) is 12.2 Å². The Morgan fingerprint density at radius 1 is 1.08 bits per heavy atom. The standard InChI is InChI=1S/C29H52O7Si/c1-21(2)34-27(31)16-12-10-9-11-15-23-24(20-33-37(7,8)29(4,5)6)26(19-25(23)35-22(3)30)36-28-17-13-14-18-32-28/h9,11,21,23-26,28H,10,12-20H2,1-8H3/b11-9-/t23-,24+,25+,26-,28?/m1/s1. The van der Waals surface area contributed by atoms with Gasteiger partial charge < -0.3 is 23.4 Å². The first-order chi connectivity index (χ1) is 17.3. The molecule has 214 valence electrons. The molecular formula is C29H52O7Si. The highest BCUT2D eigenvalue weighted by atomic mass is 28.4. The van der Waals surface area contributed by atoms with Gasteiger partial charge in [0.2, 0.25) is 0 Å². The number of hydrogen-bond donors (Lipinski definition) is 0. The van der Waals surface area contributed by atoms with Gasteiger partial charge in [0.25, 0.3) is 0 Å². The van der Waals surface area contributed by atoms with Crippen LogP contribution >= 0.6 is 0 Å². The largest absolute Gasteiger partial charge is 0.463 e. The molecule has 1 heterocycles. The minimum atomic E-state index is -1.97. The number of rotatable bonds is 13. The van der Waals surface area contributed by atoms with Crippen LogP contribution in [0.5, 0.6) is 0 Å². The van der Waals surface area contributed by atoms with Gasteiger partial charge in [-0.05, 0) is 70.5 Å². The topological polar surface area (TPSA) is 80.3 Å². The second kappa shape index (κ2) is 14.8. The van der Waals surface area contributed by atoms with Crippen molar-refractivity contribution in [2.24, 2.45) is 11.8 Å². The van der Waals surface area contributed by atoms with Gasteiger partial charge in [-0.15, -0.1) is 0 Å². The maximum Gasteiger partial charge on any atom is 0.306 e. The summed E-state index contributed by atoms with van der Waals surface area (Å²) in [4.78, 5) is 23.8.